The zero-order chi connectivity index (χ0) is 10.1. The van der Waals surface area contributed by atoms with Gasteiger partial charge in [0.25, 0.3) is 0 Å². The van der Waals surface area contributed by atoms with Gasteiger partial charge >= 0.3 is 0 Å². The van der Waals surface area contributed by atoms with Crippen LogP contribution in [0.25, 0.3) is 0 Å². The molecule has 0 saturated heterocycles. The van der Waals surface area contributed by atoms with E-state index in [1.165, 1.54) is 38.5 Å². The van der Waals surface area contributed by atoms with Gasteiger partial charge in [-0.15, -0.1) is 0 Å². The Labute approximate surface area is 84.1 Å². The van der Waals surface area contributed by atoms with Gasteiger partial charge in [-0.25, -0.2) is 0 Å². The van der Waals surface area contributed by atoms with E-state index in [2.05, 4.69) is 20.8 Å². The summed E-state index contributed by atoms with van der Waals surface area (Å²) in [4.78, 5) is 0. The number of rotatable bonds is 8. The molecule has 0 aliphatic rings. The zero-order valence-corrected chi connectivity index (χ0v) is 9.68. The average molecular weight is 185 g/mol. The maximum Gasteiger partial charge on any atom is -0.00515 e. The molecule has 13 heavy (non-hydrogen) atoms. The van der Waals surface area contributed by atoms with E-state index in [0.717, 1.165) is 18.4 Å². The highest BCUT2D eigenvalue weighted by Gasteiger charge is 2.07. The third-order valence-corrected chi connectivity index (χ3v) is 3.01. The fourth-order valence-corrected chi connectivity index (χ4v) is 1.68. The minimum Gasteiger partial charge on any atom is -0.330 e. The van der Waals surface area contributed by atoms with Crippen molar-refractivity contribution in [3.8, 4) is 0 Å². The first-order valence-corrected chi connectivity index (χ1v) is 5.94. The number of hydrogen-bond donors (Lipinski definition) is 1. The monoisotopic (exact) mass is 185 g/mol. The van der Waals surface area contributed by atoms with Crippen molar-refractivity contribution in [1.82, 2.24) is 0 Å². The predicted octanol–water partition coefficient (Wildman–Crippen LogP) is 3.58. The molecule has 0 aromatic rings. The van der Waals surface area contributed by atoms with Crippen molar-refractivity contribution in [2.45, 2.75) is 59.3 Å². The van der Waals surface area contributed by atoms with Crippen molar-refractivity contribution in [1.29, 1.82) is 0 Å². The Morgan fingerprint density at radius 2 is 1.77 bits per heavy atom. The van der Waals surface area contributed by atoms with Crippen molar-refractivity contribution in [2.75, 3.05) is 6.54 Å². The van der Waals surface area contributed by atoms with Crippen LogP contribution in [0.4, 0.5) is 0 Å². The normalized spacial score (nSPS) is 15.7. The zero-order valence-electron chi connectivity index (χ0n) is 9.68. The molecule has 2 N–H and O–H groups in total. The van der Waals surface area contributed by atoms with Gasteiger partial charge in [0, 0.05) is 0 Å². The molecule has 1 nitrogen and oxygen atoms in total. The second kappa shape index (κ2) is 8.55. The van der Waals surface area contributed by atoms with Crippen LogP contribution in [-0.2, 0) is 0 Å². The lowest BCUT2D eigenvalue weighted by molar-refractivity contribution is 0.374. The van der Waals surface area contributed by atoms with Gasteiger partial charge in [-0.05, 0) is 24.8 Å². The van der Waals surface area contributed by atoms with Crippen molar-refractivity contribution in [3.05, 3.63) is 0 Å². The smallest absolute Gasteiger partial charge is 0.00515 e. The first-order chi connectivity index (χ1) is 6.24. The lowest BCUT2D eigenvalue weighted by atomic mass is 9.91. The molecular weight excluding hydrogens is 158 g/mol. The molecule has 0 bridgehead atoms. The van der Waals surface area contributed by atoms with Gasteiger partial charge in [-0.1, -0.05) is 52.9 Å². The maximum absolute atomic E-state index is 5.60. The SMILES string of the molecule is CCCCC(CC)CCC(C)CN. The average Bonchev–Trinajstić information content (AvgIpc) is 2.17. The largest absolute Gasteiger partial charge is 0.330 e. The Hall–Kier alpha value is -0.0400. The molecule has 0 amide bonds. The van der Waals surface area contributed by atoms with Gasteiger partial charge in [-0.2, -0.15) is 0 Å². The molecule has 0 rings (SSSR count). The summed E-state index contributed by atoms with van der Waals surface area (Å²) in [5.41, 5.74) is 5.60. The Bertz CT molecular complexity index is 101. The molecule has 80 valence electrons. The topological polar surface area (TPSA) is 26.0 Å². The fraction of sp³-hybridized carbons (Fsp3) is 1.00. The van der Waals surface area contributed by atoms with E-state index in [1.54, 1.807) is 0 Å². The van der Waals surface area contributed by atoms with Crippen LogP contribution in [0.5, 0.6) is 0 Å². The van der Waals surface area contributed by atoms with Crippen LogP contribution in [-0.4, -0.2) is 6.54 Å². The van der Waals surface area contributed by atoms with Gasteiger partial charge < -0.3 is 5.73 Å². The van der Waals surface area contributed by atoms with Crippen LogP contribution in [0.15, 0.2) is 0 Å². The molecule has 2 unspecified atom stereocenters. The first-order valence-electron chi connectivity index (χ1n) is 5.94. The summed E-state index contributed by atoms with van der Waals surface area (Å²) in [6, 6.07) is 0. The van der Waals surface area contributed by atoms with Crippen molar-refractivity contribution in [3.63, 3.8) is 0 Å². The van der Waals surface area contributed by atoms with E-state index in [-0.39, 0.29) is 0 Å². The minimum atomic E-state index is 0.718. The Kier molecular flexibility index (Phi) is 8.53. The Morgan fingerprint density at radius 1 is 1.08 bits per heavy atom. The molecule has 0 radical (unpaired) electrons. The van der Waals surface area contributed by atoms with E-state index in [9.17, 15) is 0 Å². The molecule has 0 aliphatic heterocycles. The van der Waals surface area contributed by atoms with E-state index in [1.807, 2.05) is 0 Å². The fourth-order valence-electron chi connectivity index (χ4n) is 1.68. The molecule has 0 spiro atoms. The quantitative estimate of drug-likeness (QED) is 0.614. The Morgan fingerprint density at radius 3 is 2.23 bits per heavy atom. The highest BCUT2D eigenvalue weighted by Crippen LogP contribution is 2.20. The van der Waals surface area contributed by atoms with Crippen LogP contribution in [0.3, 0.4) is 0 Å². The highest BCUT2D eigenvalue weighted by molar-refractivity contribution is 4.61. The molecule has 0 saturated carbocycles. The third kappa shape index (κ3) is 7.06. The number of unbranched alkanes of at least 4 members (excludes halogenated alkanes) is 1. The second-order valence-electron chi connectivity index (χ2n) is 4.33. The van der Waals surface area contributed by atoms with Crippen molar-refractivity contribution >= 4 is 0 Å². The molecule has 0 aromatic carbocycles. The van der Waals surface area contributed by atoms with Gasteiger partial charge in [0.15, 0.2) is 0 Å². The van der Waals surface area contributed by atoms with Crippen LogP contribution in [0, 0.1) is 11.8 Å². The summed E-state index contributed by atoms with van der Waals surface area (Å²) in [6.07, 6.45) is 8.20. The molecule has 1 heteroatoms. The molecule has 0 heterocycles. The third-order valence-electron chi connectivity index (χ3n) is 3.01. The molecule has 2 atom stereocenters. The van der Waals surface area contributed by atoms with Gasteiger partial charge in [0.2, 0.25) is 0 Å². The standard InChI is InChI=1S/C12H27N/c1-4-6-7-12(5-2)9-8-11(3)10-13/h11-12H,4-10,13H2,1-3H3. The summed E-state index contributed by atoms with van der Waals surface area (Å²) in [6.45, 7) is 7.69. The van der Waals surface area contributed by atoms with E-state index in [0.29, 0.717) is 0 Å². The van der Waals surface area contributed by atoms with Gasteiger partial charge in [0.1, 0.15) is 0 Å². The van der Waals surface area contributed by atoms with Crippen LogP contribution in [0.1, 0.15) is 59.3 Å². The minimum absolute atomic E-state index is 0.718. The molecule has 0 aliphatic carbocycles. The first kappa shape index (κ1) is 13.0. The number of hydrogen-bond acceptors (Lipinski definition) is 1. The van der Waals surface area contributed by atoms with Crippen LogP contribution >= 0.6 is 0 Å². The summed E-state index contributed by atoms with van der Waals surface area (Å²) in [5.74, 6) is 1.67. The lowest BCUT2D eigenvalue weighted by Gasteiger charge is -2.16. The summed E-state index contributed by atoms with van der Waals surface area (Å²) >= 11 is 0. The van der Waals surface area contributed by atoms with Crippen molar-refractivity contribution in [2.24, 2.45) is 17.6 Å². The summed E-state index contributed by atoms with van der Waals surface area (Å²) < 4.78 is 0. The number of nitrogens with two attached hydrogens (primary N) is 1. The summed E-state index contributed by atoms with van der Waals surface area (Å²) in [5, 5.41) is 0. The molecule has 0 fully saturated rings. The van der Waals surface area contributed by atoms with Gasteiger partial charge in [0.05, 0.1) is 0 Å². The van der Waals surface area contributed by atoms with E-state index >= 15 is 0 Å². The maximum atomic E-state index is 5.60. The predicted molar refractivity (Wildman–Crippen MR) is 60.8 cm³/mol. The molecule has 0 aromatic heterocycles. The summed E-state index contributed by atoms with van der Waals surface area (Å²) in [7, 11) is 0. The van der Waals surface area contributed by atoms with Gasteiger partial charge in [-0.3, -0.25) is 0 Å². The van der Waals surface area contributed by atoms with Crippen LogP contribution in [0.2, 0.25) is 0 Å². The lowest BCUT2D eigenvalue weighted by Crippen LogP contribution is -2.12. The molecular formula is C12H27N. The Balaban J connectivity index is 3.46. The van der Waals surface area contributed by atoms with Crippen molar-refractivity contribution < 1.29 is 0 Å². The van der Waals surface area contributed by atoms with E-state index < -0.39 is 0 Å². The van der Waals surface area contributed by atoms with Crippen LogP contribution < -0.4 is 5.73 Å². The highest BCUT2D eigenvalue weighted by atomic mass is 14.5. The second-order valence-corrected chi connectivity index (χ2v) is 4.33. The van der Waals surface area contributed by atoms with E-state index in [4.69, 9.17) is 5.73 Å².